The summed E-state index contributed by atoms with van der Waals surface area (Å²) in [6.07, 6.45) is 0. The average Bonchev–Trinajstić information content (AvgIpc) is 2.14. The van der Waals surface area contributed by atoms with Crippen molar-refractivity contribution in [2.45, 2.75) is 4.90 Å². The van der Waals surface area contributed by atoms with Crippen molar-refractivity contribution in [2.24, 2.45) is 0 Å². The summed E-state index contributed by atoms with van der Waals surface area (Å²) in [6.45, 7) is 0.0234. The Balaban J connectivity index is 2.72. The Morgan fingerprint density at radius 2 is 2.38 bits per heavy atom. The van der Waals surface area contributed by atoms with Gasteiger partial charge in [0.25, 0.3) is 5.91 Å². The lowest BCUT2D eigenvalue weighted by molar-refractivity contribution is 0.0958. The number of rotatable bonds is 2. The van der Waals surface area contributed by atoms with Crippen molar-refractivity contribution < 1.29 is 4.79 Å². The van der Waals surface area contributed by atoms with Crippen LogP contribution >= 0.6 is 12.6 Å². The van der Waals surface area contributed by atoms with Gasteiger partial charge >= 0.3 is 0 Å². The molecule has 0 atom stereocenters. The smallest absolute Gasteiger partial charge is 0.252 e. The van der Waals surface area contributed by atoms with Gasteiger partial charge in [0.05, 0.1) is 6.07 Å². The molecule has 1 amide bonds. The van der Waals surface area contributed by atoms with Gasteiger partial charge in [-0.25, -0.2) is 0 Å². The van der Waals surface area contributed by atoms with Crippen LogP contribution in [-0.2, 0) is 0 Å². The molecule has 0 aromatic heterocycles. The summed E-state index contributed by atoms with van der Waals surface area (Å²) in [4.78, 5) is 12.0. The van der Waals surface area contributed by atoms with Gasteiger partial charge in [-0.3, -0.25) is 4.79 Å². The summed E-state index contributed by atoms with van der Waals surface area (Å²) >= 11 is 4.09. The third-order valence-electron chi connectivity index (χ3n) is 1.44. The lowest BCUT2D eigenvalue weighted by Crippen LogP contribution is -2.23. The molecule has 4 heteroatoms. The van der Waals surface area contributed by atoms with Crippen LogP contribution in [-0.4, -0.2) is 12.5 Å². The fourth-order valence-corrected chi connectivity index (χ4v) is 1.09. The fraction of sp³-hybridized carbons (Fsp3) is 0.111. The van der Waals surface area contributed by atoms with E-state index in [1.165, 1.54) is 0 Å². The largest absolute Gasteiger partial charge is 0.339 e. The minimum atomic E-state index is -0.252. The Labute approximate surface area is 81.8 Å². The predicted molar refractivity (Wildman–Crippen MR) is 51.6 cm³/mol. The summed E-state index contributed by atoms with van der Waals surface area (Å²) < 4.78 is 0. The molecule has 0 saturated carbocycles. The molecule has 1 aromatic rings. The van der Waals surface area contributed by atoms with E-state index in [4.69, 9.17) is 5.26 Å². The van der Waals surface area contributed by atoms with Gasteiger partial charge in [-0.05, 0) is 18.2 Å². The highest BCUT2D eigenvalue weighted by Crippen LogP contribution is 2.08. The van der Waals surface area contributed by atoms with Gasteiger partial charge in [-0.1, -0.05) is 6.07 Å². The first-order valence-corrected chi connectivity index (χ1v) is 4.13. The van der Waals surface area contributed by atoms with Crippen molar-refractivity contribution >= 4 is 18.5 Å². The van der Waals surface area contributed by atoms with E-state index in [1.54, 1.807) is 24.3 Å². The van der Waals surface area contributed by atoms with Gasteiger partial charge in [0, 0.05) is 10.5 Å². The molecule has 0 aliphatic carbocycles. The van der Waals surface area contributed by atoms with Gasteiger partial charge in [0.2, 0.25) is 0 Å². The molecule has 0 bridgehead atoms. The maximum absolute atomic E-state index is 11.3. The van der Waals surface area contributed by atoms with E-state index in [2.05, 4.69) is 17.9 Å². The molecule has 0 aliphatic heterocycles. The number of carbonyl (C=O) groups is 1. The monoisotopic (exact) mass is 192 g/mol. The number of carbonyl (C=O) groups excluding carboxylic acids is 1. The highest BCUT2D eigenvalue weighted by Gasteiger charge is 2.03. The summed E-state index contributed by atoms with van der Waals surface area (Å²) in [5.74, 6) is -0.252. The average molecular weight is 192 g/mol. The number of nitrogens with zero attached hydrogens (tertiary/aromatic N) is 1. The highest BCUT2D eigenvalue weighted by molar-refractivity contribution is 7.80. The van der Waals surface area contributed by atoms with Gasteiger partial charge in [-0.15, -0.1) is 12.6 Å². The van der Waals surface area contributed by atoms with Crippen LogP contribution in [0.4, 0.5) is 0 Å². The van der Waals surface area contributed by atoms with E-state index in [1.807, 2.05) is 6.07 Å². The zero-order valence-electron chi connectivity index (χ0n) is 6.82. The minimum Gasteiger partial charge on any atom is -0.339 e. The third kappa shape index (κ3) is 2.80. The Kier molecular flexibility index (Phi) is 3.35. The van der Waals surface area contributed by atoms with Crippen molar-refractivity contribution in [1.82, 2.24) is 5.32 Å². The predicted octanol–water partition coefficient (Wildman–Crippen LogP) is 1.23. The standard InChI is InChI=1S/C9H8N2OS/c10-4-5-11-9(12)7-2-1-3-8(13)6-7/h1-3,6,13H,5H2,(H,11,12). The number of nitriles is 1. The minimum absolute atomic E-state index is 0.0234. The second-order valence-corrected chi connectivity index (χ2v) is 2.91. The van der Waals surface area contributed by atoms with E-state index < -0.39 is 0 Å². The van der Waals surface area contributed by atoms with Gasteiger partial charge in [0.15, 0.2) is 0 Å². The summed E-state index contributed by atoms with van der Waals surface area (Å²) in [5.41, 5.74) is 0.516. The van der Waals surface area contributed by atoms with Gasteiger partial charge in [0.1, 0.15) is 6.54 Å². The Morgan fingerprint density at radius 1 is 1.62 bits per heavy atom. The molecule has 1 N–H and O–H groups in total. The second-order valence-electron chi connectivity index (χ2n) is 2.39. The molecule has 1 aromatic carbocycles. The van der Waals surface area contributed by atoms with Crippen molar-refractivity contribution in [1.29, 1.82) is 5.26 Å². The SMILES string of the molecule is N#CCNC(=O)c1cccc(S)c1. The highest BCUT2D eigenvalue weighted by atomic mass is 32.1. The molecule has 0 saturated heterocycles. The lowest BCUT2D eigenvalue weighted by Gasteiger charge is -2.00. The molecule has 0 fully saturated rings. The zero-order valence-corrected chi connectivity index (χ0v) is 7.71. The first kappa shape index (κ1) is 9.62. The molecule has 1 rings (SSSR count). The number of hydrogen-bond acceptors (Lipinski definition) is 3. The number of thiol groups is 1. The first-order valence-electron chi connectivity index (χ1n) is 3.68. The maximum Gasteiger partial charge on any atom is 0.252 e. The molecule has 0 spiro atoms. The molecule has 0 radical (unpaired) electrons. The van der Waals surface area contributed by atoms with Crippen molar-refractivity contribution in [2.75, 3.05) is 6.54 Å². The van der Waals surface area contributed by atoms with E-state index >= 15 is 0 Å². The maximum atomic E-state index is 11.3. The molecular formula is C9H8N2OS. The van der Waals surface area contributed by atoms with Crippen molar-refractivity contribution in [3.8, 4) is 6.07 Å². The Hall–Kier alpha value is -1.47. The van der Waals surface area contributed by atoms with Crippen LogP contribution in [0.3, 0.4) is 0 Å². The third-order valence-corrected chi connectivity index (χ3v) is 1.71. The van der Waals surface area contributed by atoms with E-state index in [0.717, 1.165) is 4.90 Å². The van der Waals surface area contributed by atoms with Crippen LogP contribution in [0, 0.1) is 11.3 Å². The van der Waals surface area contributed by atoms with Crippen molar-refractivity contribution in [3.63, 3.8) is 0 Å². The van der Waals surface area contributed by atoms with Crippen LogP contribution in [0.5, 0.6) is 0 Å². The molecular weight excluding hydrogens is 184 g/mol. The van der Waals surface area contributed by atoms with Gasteiger partial charge in [-0.2, -0.15) is 5.26 Å². The van der Waals surface area contributed by atoms with E-state index in [0.29, 0.717) is 5.56 Å². The lowest BCUT2D eigenvalue weighted by atomic mass is 10.2. The number of benzene rings is 1. The number of nitrogens with one attached hydrogen (secondary N) is 1. The first-order chi connectivity index (χ1) is 6.24. The Bertz CT molecular complexity index is 357. The number of amides is 1. The van der Waals surface area contributed by atoms with Crippen LogP contribution in [0.1, 0.15) is 10.4 Å². The van der Waals surface area contributed by atoms with Crippen LogP contribution in [0.25, 0.3) is 0 Å². The fourth-order valence-electron chi connectivity index (χ4n) is 0.869. The van der Waals surface area contributed by atoms with Gasteiger partial charge < -0.3 is 5.32 Å². The zero-order chi connectivity index (χ0) is 9.68. The van der Waals surface area contributed by atoms with Crippen molar-refractivity contribution in [3.05, 3.63) is 29.8 Å². The van der Waals surface area contributed by atoms with Crippen LogP contribution < -0.4 is 5.32 Å². The van der Waals surface area contributed by atoms with Crippen LogP contribution in [0.2, 0.25) is 0 Å². The Morgan fingerprint density at radius 3 is 3.00 bits per heavy atom. The van der Waals surface area contributed by atoms with E-state index in [9.17, 15) is 4.79 Å². The summed E-state index contributed by atoms with van der Waals surface area (Å²) in [7, 11) is 0. The topological polar surface area (TPSA) is 52.9 Å². The second kappa shape index (κ2) is 4.53. The molecule has 0 heterocycles. The molecule has 66 valence electrons. The summed E-state index contributed by atoms with van der Waals surface area (Å²) in [6, 6.07) is 8.68. The molecule has 13 heavy (non-hydrogen) atoms. The molecule has 0 unspecified atom stereocenters. The summed E-state index contributed by atoms with van der Waals surface area (Å²) in [5, 5.41) is 10.7. The number of hydrogen-bond donors (Lipinski definition) is 2. The quantitative estimate of drug-likeness (QED) is 0.547. The molecule has 0 aliphatic rings. The molecule has 3 nitrogen and oxygen atoms in total. The van der Waals surface area contributed by atoms with E-state index in [-0.39, 0.29) is 12.5 Å². The normalized spacial score (nSPS) is 8.92. The van der Waals surface area contributed by atoms with Crippen LogP contribution in [0.15, 0.2) is 29.2 Å².